The molecule has 1 unspecified atom stereocenters. The van der Waals surface area contributed by atoms with Gasteiger partial charge in [0.1, 0.15) is 6.54 Å². The van der Waals surface area contributed by atoms with Gasteiger partial charge in [-0.15, -0.1) is 11.3 Å². The van der Waals surface area contributed by atoms with Gasteiger partial charge in [-0.25, -0.2) is 4.98 Å². The molecule has 1 aliphatic rings. The second-order valence-electron chi connectivity index (χ2n) is 7.14. The Labute approximate surface area is 162 Å². The summed E-state index contributed by atoms with van der Waals surface area (Å²) >= 11 is 3.49. The van der Waals surface area contributed by atoms with Crippen LogP contribution in [0, 0.1) is 0 Å². The van der Waals surface area contributed by atoms with Crippen LogP contribution in [0.4, 0.5) is 0 Å². The molecule has 26 heavy (non-hydrogen) atoms. The summed E-state index contributed by atoms with van der Waals surface area (Å²) in [6, 6.07) is 10.4. The van der Waals surface area contributed by atoms with Crippen molar-refractivity contribution in [3.05, 3.63) is 51.7 Å². The third kappa shape index (κ3) is 3.98. The van der Waals surface area contributed by atoms with Crippen LogP contribution in [0.15, 0.2) is 41.1 Å². The fourth-order valence-electron chi connectivity index (χ4n) is 3.64. The summed E-state index contributed by atoms with van der Waals surface area (Å²) in [5.74, 6) is 0.644. The molecule has 3 aromatic rings. The number of para-hydroxylation sites is 1. The summed E-state index contributed by atoms with van der Waals surface area (Å²) in [6.45, 7) is 3.16. The zero-order valence-electron chi connectivity index (χ0n) is 15.0. The molecule has 2 aromatic heterocycles. The maximum Gasteiger partial charge on any atom is 0.277 e. The van der Waals surface area contributed by atoms with E-state index in [1.165, 1.54) is 20.2 Å². The predicted molar refractivity (Wildman–Crippen MR) is 108 cm³/mol. The fraction of sp³-hybridized carbons (Fsp3) is 0.400. The molecule has 0 spiro atoms. The third-order valence-corrected chi connectivity index (χ3v) is 6.90. The Bertz CT molecular complexity index is 841. The summed E-state index contributed by atoms with van der Waals surface area (Å²) in [7, 11) is 2.10. The minimum atomic E-state index is 0.267. The summed E-state index contributed by atoms with van der Waals surface area (Å²) in [6.07, 6.45) is 2.19. The lowest BCUT2D eigenvalue weighted by molar-refractivity contribution is -0.885. The van der Waals surface area contributed by atoms with E-state index in [0.29, 0.717) is 12.5 Å². The van der Waals surface area contributed by atoms with E-state index in [9.17, 15) is 4.79 Å². The SMILES string of the molecule is C[NH+](CC(=O)N1CCC[C@@H](c2nc3ccccc3s2)C1)Cc1ccsc1. The average Bonchev–Trinajstić information content (AvgIpc) is 3.31. The van der Waals surface area contributed by atoms with Gasteiger partial charge in [0, 0.05) is 24.6 Å². The van der Waals surface area contributed by atoms with Gasteiger partial charge in [0.25, 0.3) is 5.91 Å². The first-order chi connectivity index (χ1) is 12.7. The first kappa shape index (κ1) is 17.6. The lowest BCUT2D eigenvalue weighted by Crippen LogP contribution is -3.08. The lowest BCUT2D eigenvalue weighted by Gasteiger charge is -2.32. The van der Waals surface area contributed by atoms with E-state index in [1.807, 2.05) is 6.07 Å². The minimum absolute atomic E-state index is 0.267. The molecule has 1 amide bonds. The summed E-state index contributed by atoms with van der Waals surface area (Å²) in [5.41, 5.74) is 2.39. The smallest absolute Gasteiger partial charge is 0.277 e. The number of carbonyl (C=O) groups excluding carboxylic acids is 1. The molecule has 1 fully saturated rings. The van der Waals surface area contributed by atoms with Crippen molar-refractivity contribution in [2.24, 2.45) is 0 Å². The van der Waals surface area contributed by atoms with E-state index in [4.69, 9.17) is 4.98 Å². The van der Waals surface area contributed by atoms with Crippen molar-refractivity contribution in [2.45, 2.75) is 25.3 Å². The number of nitrogens with one attached hydrogen (secondary N) is 1. The Morgan fingerprint density at radius 1 is 1.35 bits per heavy atom. The first-order valence-electron chi connectivity index (χ1n) is 9.14. The van der Waals surface area contributed by atoms with Crippen LogP contribution in [0.3, 0.4) is 0 Å². The number of thiazole rings is 1. The van der Waals surface area contributed by atoms with Crippen molar-refractivity contribution >= 4 is 38.8 Å². The van der Waals surface area contributed by atoms with Crippen molar-refractivity contribution < 1.29 is 9.69 Å². The van der Waals surface area contributed by atoms with Gasteiger partial charge in [-0.2, -0.15) is 11.3 Å². The van der Waals surface area contributed by atoms with E-state index < -0.39 is 0 Å². The number of amides is 1. The molecule has 4 nitrogen and oxygen atoms in total. The highest BCUT2D eigenvalue weighted by molar-refractivity contribution is 7.18. The Morgan fingerprint density at radius 3 is 3.04 bits per heavy atom. The number of aromatic nitrogens is 1. The van der Waals surface area contributed by atoms with Gasteiger partial charge in [0.15, 0.2) is 6.54 Å². The van der Waals surface area contributed by atoms with E-state index in [1.54, 1.807) is 22.7 Å². The normalized spacial score (nSPS) is 19.0. The molecule has 6 heteroatoms. The molecule has 1 aliphatic heterocycles. The minimum Gasteiger partial charge on any atom is -0.337 e. The Balaban J connectivity index is 1.38. The van der Waals surface area contributed by atoms with Gasteiger partial charge < -0.3 is 9.80 Å². The number of likely N-dealkylation sites (N-methyl/N-ethyl adjacent to an activating group) is 1. The lowest BCUT2D eigenvalue weighted by atomic mass is 9.98. The number of piperidine rings is 1. The van der Waals surface area contributed by atoms with E-state index in [0.717, 1.165) is 38.0 Å². The monoisotopic (exact) mass is 386 g/mol. The molecule has 1 saturated heterocycles. The molecule has 0 radical (unpaired) electrons. The quantitative estimate of drug-likeness (QED) is 0.732. The van der Waals surface area contributed by atoms with E-state index in [-0.39, 0.29) is 5.91 Å². The number of benzene rings is 1. The molecular weight excluding hydrogens is 362 g/mol. The summed E-state index contributed by atoms with van der Waals surface area (Å²) < 4.78 is 1.24. The van der Waals surface area contributed by atoms with Gasteiger partial charge in [0.2, 0.25) is 0 Å². The number of likely N-dealkylation sites (tertiary alicyclic amines) is 1. The van der Waals surface area contributed by atoms with Gasteiger partial charge in [-0.3, -0.25) is 4.79 Å². The van der Waals surface area contributed by atoms with Crippen LogP contribution in [-0.2, 0) is 11.3 Å². The maximum absolute atomic E-state index is 12.8. The van der Waals surface area contributed by atoms with Gasteiger partial charge >= 0.3 is 0 Å². The zero-order valence-corrected chi connectivity index (χ0v) is 16.6. The molecule has 136 valence electrons. The van der Waals surface area contributed by atoms with Gasteiger partial charge in [-0.1, -0.05) is 12.1 Å². The molecule has 1 aromatic carbocycles. The highest BCUT2D eigenvalue weighted by Gasteiger charge is 2.28. The molecule has 2 atom stereocenters. The van der Waals surface area contributed by atoms with Crippen molar-refractivity contribution in [3.8, 4) is 0 Å². The summed E-state index contributed by atoms with van der Waals surface area (Å²) in [5, 5.41) is 5.44. The van der Waals surface area contributed by atoms with Crippen LogP contribution in [0.5, 0.6) is 0 Å². The number of hydrogen-bond donors (Lipinski definition) is 1. The van der Waals surface area contributed by atoms with Crippen LogP contribution < -0.4 is 4.90 Å². The van der Waals surface area contributed by atoms with Crippen molar-refractivity contribution in [1.82, 2.24) is 9.88 Å². The molecule has 3 heterocycles. The van der Waals surface area contributed by atoms with Gasteiger partial charge in [0.05, 0.1) is 22.3 Å². The largest absolute Gasteiger partial charge is 0.337 e. The number of thiophene rings is 1. The van der Waals surface area contributed by atoms with Crippen molar-refractivity contribution in [3.63, 3.8) is 0 Å². The maximum atomic E-state index is 12.8. The van der Waals surface area contributed by atoms with Crippen molar-refractivity contribution in [1.29, 1.82) is 0 Å². The fourth-order valence-corrected chi connectivity index (χ4v) is 5.41. The molecule has 4 rings (SSSR count). The van der Waals surface area contributed by atoms with Crippen LogP contribution in [0.2, 0.25) is 0 Å². The molecule has 1 N–H and O–H groups in total. The van der Waals surface area contributed by atoms with E-state index >= 15 is 0 Å². The standard InChI is InChI=1S/C20H23N3OS2/c1-22(11-15-8-10-25-14-15)13-19(24)23-9-4-5-16(12-23)20-21-17-6-2-3-7-18(17)26-20/h2-3,6-8,10,14,16H,4-5,9,11-13H2,1H3/p+1/t16-/m1/s1. The van der Waals surface area contributed by atoms with Crippen LogP contribution in [0.25, 0.3) is 10.2 Å². The summed E-state index contributed by atoms with van der Waals surface area (Å²) in [4.78, 5) is 20.9. The molecule has 0 aliphatic carbocycles. The number of quaternary nitrogens is 1. The van der Waals surface area contributed by atoms with Crippen molar-refractivity contribution in [2.75, 3.05) is 26.7 Å². The van der Waals surface area contributed by atoms with Crippen LogP contribution >= 0.6 is 22.7 Å². The zero-order chi connectivity index (χ0) is 17.9. The molecular formula is C20H24N3OS2+. The Kier molecular flexibility index (Phi) is 5.33. The third-order valence-electron chi connectivity index (χ3n) is 4.97. The molecule has 0 saturated carbocycles. The highest BCUT2D eigenvalue weighted by Crippen LogP contribution is 2.32. The van der Waals surface area contributed by atoms with E-state index in [2.05, 4.69) is 47.0 Å². The average molecular weight is 387 g/mol. The number of nitrogens with zero attached hydrogens (tertiary/aromatic N) is 2. The van der Waals surface area contributed by atoms with Crippen LogP contribution in [0.1, 0.15) is 29.3 Å². The number of hydrogen-bond acceptors (Lipinski definition) is 4. The highest BCUT2D eigenvalue weighted by atomic mass is 32.1. The Hall–Kier alpha value is -1.76. The number of carbonyl (C=O) groups is 1. The van der Waals surface area contributed by atoms with Gasteiger partial charge in [-0.05, 0) is 41.8 Å². The number of rotatable bonds is 5. The van der Waals surface area contributed by atoms with Crippen LogP contribution in [-0.4, -0.2) is 42.5 Å². The molecule has 0 bridgehead atoms. The second kappa shape index (κ2) is 7.86. The topological polar surface area (TPSA) is 37.6 Å². The first-order valence-corrected chi connectivity index (χ1v) is 10.9. The number of fused-ring (bicyclic) bond motifs is 1. The Morgan fingerprint density at radius 2 is 2.23 bits per heavy atom. The second-order valence-corrected chi connectivity index (χ2v) is 8.98. The predicted octanol–water partition coefficient (Wildman–Crippen LogP) is 2.78.